The highest BCUT2D eigenvalue weighted by atomic mass is 14.6. The maximum atomic E-state index is 8.63. The van der Waals surface area contributed by atoms with Crippen LogP contribution in [-0.2, 0) is 0 Å². The average Bonchev–Trinajstić information content (AvgIpc) is 2.52. The van der Waals surface area contributed by atoms with Gasteiger partial charge in [0.15, 0.2) is 0 Å². The van der Waals surface area contributed by atoms with Gasteiger partial charge >= 0.3 is 0 Å². The Morgan fingerprint density at radius 2 is 1.29 bits per heavy atom. The Morgan fingerprint density at radius 1 is 0.810 bits per heavy atom. The van der Waals surface area contributed by atoms with E-state index >= 15 is 0 Å². The monoisotopic (exact) mass is 286 g/mol. The SMILES string of the molecule is [C-]#[N+]CCC(C#N)CCC.[C-]#[N+]CCC(C#N)CCCC. The molecule has 0 aliphatic rings. The van der Waals surface area contributed by atoms with Crippen molar-refractivity contribution in [2.75, 3.05) is 13.1 Å². The summed E-state index contributed by atoms with van der Waals surface area (Å²) in [4.78, 5) is 6.43. The molecular formula is C17H26N4. The molecule has 0 radical (unpaired) electrons. The summed E-state index contributed by atoms with van der Waals surface area (Å²) >= 11 is 0. The minimum Gasteiger partial charge on any atom is -0.317 e. The lowest BCUT2D eigenvalue weighted by atomic mass is 10.0. The summed E-state index contributed by atoms with van der Waals surface area (Å²) in [6, 6.07) is 4.42. The second kappa shape index (κ2) is 18.0. The summed E-state index contributed by atoms with van der Waals surface area (Å²) in [5, 5.41) is 17.2. The van der Waals surface area contributed by atoms with Gasteiger partial charge in [0.1, 0.15) is 0 Å². The maximum Gasteiger partial charge on any atom is 0.215 e. The average molecular weight is 286 g/mol. The van der Waals surface area contributed by atoms with E-state index in [4.69, 9.17) is 23.7 Å². The third-order valence-electron chi connectivity index (χ3n) is 3.09. The summed E-state index contributed by atoms with van der Waals surface area (Å²) < 4.78 is 0. The smallest absolute Gasteiger partial charge is 0.215 e. The van der Waals surface area contributed by atoms with Crippen LogP contribution in [-0.4, -0.2) is 13.1 Å². The van der Waals surface area contributed by atoms with E-state index in [0.717, 1.165) is 44.9 Å². The van der Waals surface area contributed by atoms with Crippen LogP contribution in [0, 0.1) is 47.6 Å². The highest BCUT2D eigenvalue weighted by Gasteiger charge is 2.07. The predicted octanol–water partition coefficient (Wildman–Crippen LogP) is 4.86. The zero-order chi connectivity index (χ0) is 16.3. The lowest BCUT2D eigenvalue weighted by Crippen LogP contribution is -1.98. The molecule has 0 aliphatic carbocycles. The molecule has 0 fully saturated rings. The molecule has 0 aliphatic heterocycles. The van der Waals surface area contributed by atoms with Gasteiger partial charge in [-0.25, -0.2) is 13.1 Å². The van der Waals surface area contributed by atoms with E-state index in [1.165, 1.54) is 0 Å². The van der Waals surface area contributed by atoms with Crippen LogP contribution < -0.4 is 0 Å². The minimum absolute atomic E-state index is 0.110. The van der Waals surface area contributed by atoms with Crippen LogP contribution in [0.2, 0.25) is 0 Å². The van der Waals surface area contributed by atoms with E-state index in [2.05, 4.69) is 35.7 Å². The van der Waals surface area contributed by atoms with Gasteiger partial charge < -0.3 is 9.69 Å². The molecule has 0 saturated carbocycles. The normalized spacial score (nSPS) is 11.5. The van der Waals surface area contributed by atoms with Crippen molar-refractivity contribution in [2.24, 2.45) is 11.8 Å². The molecule has 114 valence electrons. The number of rotatable bonds is 9. The molecule has 4 nitrogen and oxygen atoms in total. The van der Waals surface area contributed by atoms with E-state index < -0.39 is 0 Å². The molecule has 0 bridgehead atoms. The van der Waals surface area contributed by atoms with Gasteiger partial charge in [-0.1, -0.05) is 33.1 Å². The van der Waals surface area contributed by atoms with Crippen molar-refractivity contribution >= 4 is 0 Å². The topological polar surface area (TPSA) is 56.3 Å². The van der Waals surface area contributed by atoms with Crippen molar-refractivity contribution in [3.63, 3.8) is 0 Å². The highest BCUT2D eigenvalue weighted by Crippen LogP contribution is 2.11. The van der Waals surface area contributed by atoms with Crippen LogP contribution in [0.3, 0.4) is 0 Å². The quantitative estimate of drug-likeness (QED) is 0.568. The standard InChI is InChI=1S/C9H14N2.C8H12N2/c1-3-4-5-9(8-10)6-7-11-2;1-3-4-8(7-9)5-6-10-2/h9H,3-7H2,1H3;8H,3-6H2,1H3. The summed E-state index contributed by atoms with van der Waals surface area (Å²) in [5.74, 6) is 0.225. The molecule has 0 aromatic heterocycles. The Balaban J connectivity index is 0. The molecule has 0 aromatic carbocycles. The van der Waals surface area contributed by atoms with Crippen molar-refractivity contribution in [1.82, 2.24) is 0 Å². The first-order valence-corrected chi connectivity index (χ1v) is 7.65. The van der Waals surface area contributed by atoms with E-state index in [1.807, 2.05) is 0 Å². The van der Waals surface area contributed by atoms with Gasteiger partial charge in [-0.15, -0.1) is 0 Å². The summed E-state index contributed by atoms with van der Waals surface area (Å²) in [6.45, 7) is 18.3. The molecule has 0 amide bonds. The van der Waals surface area contributed by atoms with Crippen LogP contribution in [0.15, 0.2) is 0 Å². The van der Waals surface area contributed by atoms with E-state index in [0.29, 0.717) is 13.1 Å². The third kappa shape index (κ3) is 15.9. The van der Waals surface area contributed by atoms with E-state index in [9.17, 15) is 0 Å². The molecule has 0 N–H and O–H groups in total. The van der Waals surface area contributed by atoms with Gasteiger partial charge in [-0.05, 0) is 12.8 Å². The molecule has 0 spiro atoms. The van der Waals surface area contributed by atoms with Crippen LogP contribution in [0.1, 0.15) is 58.8 Å². The van der Waals surface area contributed by atoms with Crippen molar-refractivity contribution in [3.8, 4) is 12.1 Å². The van der Waals surface area contributed by atoms with Gasteiger partial charge in [0.2, 0.25) is 13.1 Å². The molecule has 0 rings (SSSR count). The summed E-state index contributed by atoms with van der Waals surface area (Å²) in [6.07, 6.45) is 6.67. The van der Waals surface area contributed by atoms with Crippen LogP contribution in [0.5, 0.6) is 0 Å². The van der Waals surface area contributed by atoms with Crippen LogP contribution in [0.25, 0.3) is 9.69 Å². The van der Waals surface area contributed by atoms with Crippen molar-refractivity contribution in [2.45, 2.75) is 58.8 Å². The minimum atomic E-state index is 0.110. The van der Waals surface area contributed by atoms with E-state index in [-0.39, 0.29) is 11.8 Å². The van der Waals surface area contributed by atoms with E-state index in [1.54, 1.807) is 0 Å². The Hall–Kier alpha value is -2.04. The van der Waals surface area contributed by atoms with Gasteiger partial charge in [-0.2, -0.15) is 10.5 Å². The maximum absolute atomic E-state index is 8.63. The zero-order valence-corrected chi connectivity index (χ0v) is 13.3. The van der Waals surface area contributed by atoms with Crippen molar-refractivity contribution in [1.29, 1.82) is 10.5 Å². The Bertz CT molecular complexity index is 389. The largest absolute Gasteiger partial charge is 0.317 e. The lowest BCUT2D eigenvalue weighted by Gasteiger charge is -2.02. The fourth-order valence-corrected chi connectivity index (χ4v) is 1.79. The van der Waals surface area contributed by atoms with Gasteiger partial charge in [-0.3, -0.25) is 0 Å². The Kier molecular flexibility index (Phi) is 18.2. The van der Waals surface area contributed by atoms with Crippen molar-refractivity contribution in [3.05, 3.63) is 22.8 Å². The first kappa shape index (κ1) is 21.3. The number of nitriles is 2. The van der Waals surface area contributed by atoms with Gasteiger partial charge in [0.25, 0.3) is 0 Å². The molecule has 21 heavy (non-hydrogen) atoms. The summed E-state index contributed by atoms with van der Waals surface area (Å²) in [7, 11) is 0. The Labute approximate surface area is 130 Å². The first-order valence-electron chi connectivity index (χ1n) is 7.65. The molecule has 0 aromatic rings. The predicted molar refractivity (Wildman–Crippen MR) is 84.8 cm³/mol. The number of hydrogen-bond donors (Lipinski definition) is 0. The second-order valence-corrected chi connectivity index (χ2v) is 4.92. The van der Waals surface area contributed by atoms with Crippen molar-refractivity contribution < 1.29 is 0 Å². The van der Waals surface area contributed by atoms with Crippen LogP contribution in [0.4, 0.5) is 0 Å². The fourth-order valence-electron chi connectivity index (χ4n) is 1.79. The second-order valence-electron chi connectivity index (χ2n) is 4.92. The highest BCUT2D eigenvalue weighted by molar-refractivity contribution is 4.84. The summed E-state index contributed by atoms with van der Waals surface area (Å²) in [5.41, 5.74) is 0. The van der Waals surface area contributed by atoms with Crippen LogP contribution >= 0.6 is 0 Å². The molecule has 4 heteroatoms. The number of hydrogen-bond acceptors (Lipinski definition) is 2. The zero-order valence-electron chi connectivity index (χ0n) is 13.3. The molecule has 2 atom stereocenters. The molecule has 0 saturated heterocycles. The third-order valence-corrected chi connectivity index (χ3v) is 3.09. The van der Waals surface area contributed by atoms with Gasteiger partial charge in [0.05, 0.1) is 24.0 Å². The molecule has 0 heterocycles. The van der Waals surface area contributed by atoms with Gasteiger partial charge in [0, 0.05) is 12.8 Å². The number of unbranched alkanes of at least 4 members (excludes halogenated alkanes) is 1. The fraction of sp³-hybridized carbons (Fsp3) is 0.765. The first-order chi connectivity index (χ1) is 10.2. The molecular weight excluding hydrogens is 260 g/mol. The number of nitrogens with zero attached hydrogens (tertiary/aromatic N) is 4. The Morgan fingerprint density at radius 3 is 1.62 bits per heavy atom. The lowest BCUT2D eigenvalue weighted by molar-refractivity contribution is 0.545. The molecule has 2 unspecified atom stereocenters.